The van der Waals surface area contributed by atoms with Gasteiger partial charge in [-0.2, -0.15) is 0 Å². The third kappa shape index (κ3) is 3.00. The van der Waals surface area contributed by atoms with E-state index in [1.165, 1.54) is 25.5 Å². The Labute approximate surface area is 108 Å². The minimum Gasteiger partial charge on any atom is -0.397 e. The zero-order valence-corrected chi connectivity index (χ0v) is 10.9. The van der Waals surface area contributed by atoms with Crippen molar-refractivity contribution in [2.24, 2.45) is 5.92 Å². The lowest BCUT2D eigenvalue weighted by atomic mass is 9.84. The predicted molar refractivity (Wildman–Crippen MR) is 72.2 cm³/mol. The van der Waals surface area contributed by atoms with E-state index in [-0.39, 0.29) is 5.91 Å². The Morgan fingerprint density at radius 2 is 2.39 bits per heavy atom. The number of rotatable bonds is 3. The Hall–Kier alpha value is -1.58. The van der Waals surface area contributed by atoms with Gasteiger partial charge in [-0.25, -0.2) is 0 Å². The van der Waals surface area contributed by atoms with Gasteiger partial charge < -0.3 is 11.1 Å². The number of hydrogen-bond acceptors (Lipinski definition) is 3. The fourth-order valence-electron chi connectivity index (χ4n) is 2.67. The van der Waals surface area contributed by atoms with E-state index in [9.17, 15) is 4.79 Å². The van der Waals surface area contributed by atoms with Crippen molar-refractivity contribution in [2.45, 2.75) is 45.1 Å². The van der Waals surface area contributed by atoms with Crippen LogP contribution in [-0.2, 0) is 0 Å². The first-order chi connectivity index (χ1) is 8.70. The average molecular weight is 247 g/mol. The first-order valence-corrected chi connectivity index (χ1v) is 6.71. The molecule has 4 heteroatoms. The van der Waals surface area contributed by atoms with E-state index in [0.717, 1.165) is 18.8 Å². The maximum absolute atomic E-state index is 12.1. The van der Waals surface area contributed by atoms with Gasteiger partial charge in [0.15, 0.2) is 0 Å². The number of nitrogen functional groups attached to an aromatic ring is 1. The molecule has 0 bridgehead atoms. The number of nitrogens with zero attached hydrogens (tertiary/aromatic N) is 1. The molecule has 2 atom stereocenters. The lowest BCUT2D eigenvalue weighted by Crippen LogP contribution is -2.38. The fraction of sp³-hybridized carbons (Fsp3) is 0.571. The molecule has 1 aliphatic carbocycles. The Kier molecular flexibility index (Phi) is 4.18. The molecule has 2 rings (SSSR count). The van der Waals surface area contributed by atoms with Crippen LogP contribution in [0.3, 0.4) is 0 Å². The maximum Gasteiger partial charge on any atom is 0.253 e. The maximum atomic E-state index is 12.1. The molecule has 1 amide bonds. The monoisotopic (exact) mass is 247 g/mol. The minimum atomic E-state index is -0.0725. The average Bonchev–Trinajstić information content (AvgIpc) is 2.39. The van der Waals surface area contributed by atoms with E-state index in [1.54, 1.807) is 12.3 Å². The van der Waals surface area contributed by atoms with Gasteiger partial charge in [-0.1, -0.05) is 26.2 Å². The SMILES string of the molecule is CCC1CCCC(NC(=O)c2ccncc2N)C1. The van der Waals surface area contributed by atoms with Crippen molar-refractivity contribution in [1.82, 2.24) is 10.3 Å². The summed E-state index contributed by atoms with van der Waals surface area (Å²) in [6.45, 7) is 2.22. The summed E-state index contributed by atoms with van der Waals surface area (Å²) >= 11 is 0. The summed E-state index contributed by atoms with van der Waals surface area (Å²) in [6, 6.07) is 1.97. The fourth-order valence-corrected chi connectivity index (χ4v) is 2.67. The highest BCUT2D eigenvalue weighted by Gasteiger charge is 2.22. The van der Waals surface area contributed by atoms with Gasteiger partial charge in [0.2, 0.25) is 0 Å². The third-order valence-electron chi connectivity index (χ3n) is 3.79. The molecule has 18 heavy (non-hydrogen) atoms. The van der Waals surface area contributed by atoms with Gasteiger partial charge >= 0.3 is 0 Å². The van der Waals surface area contributed by atoms with Crippen molar-refractivity contribution in [1.29, 1.82) is 0 Å². The van der Waals surface area contributed by atoms with Crippen LogP contribution in [0.15, 0.2) is 18.5 Å². The topological polar surface area (TPSA) is 68.0 Å². The molecule has 1 fully saturated rings. The summed E-state index contributed by atoms with van der Waals surface area (Å²) in [6.07, 6.45) is 8.98. The molecule has 1 aromatic rings. The van der Waals surface area contributed by atoms with Gasteiger partial charge in [-0.3, -0.25) is 9.78 Å². The van der Waals surface area contributed by atoms with Crippen molar-refractivity contribution in [3.63, 3.8) is 0 Å². The molecular weight excluding hydrogens is 226 g/mol. The highest BCUT2D eigenvalue weighted by molar-refractivity contribution is 5.98. The highest BCUT2D eigenvalue weighted by Crippen LogP contribution is 2.26. The molecule has 1 aromatic heterocycles. The number of aromatic nitrogens is 1. The molecule has 0 radical (unpaired) electrons. The van der Waals surface area contributed by atoms with Crippen LogP contribution in [0.1, 0.15) is 49.4 Å². The van der Waals surface area contributed by atoms with E-state index in [2.05, 4.69) is 17.2 Å². The highest BCUT2D eigenvalue weighted by atomic mass is 16.1. The molecule has 0 aromatic carbocycles. The largest absolute Gasteiger partial charge is 0.397 e. The van der Waals surface area contributed by atoms with Gasteiger partial charge in [0.1, 0.15) is 0 Å². The molecule has 1 heterocycles. The van der Waals surface area contributed by atoms with Crippen LogP contribution in [0.2, 0.25) is 0 Å². The Bertz CT molecular complexity index is 419. The van der Waals surface area contributed by atoms with Gasteiger partial charge in [-0.05, 0) is 24.8 Å². The zero-order chi connectivity index (χ0) is 13.0. The number of anilines is 1. The van der Waals surface area contributed by atoms with Gasteiger partial charge in [0.25, 0.3) is 5.91 Å². The summed E-state index contributed by atoms with van der Waals surface area (Å²) < 4.78 is 0. The molecule has 1 saturated carbocycles. The van der Waals surface area contributed by atoms with Crippen molar-refractivity contribution >= 4 is 11.6 Å². The van der Waals surface area contributed by atoms with Crippen molar-refractivity contribution < 1.29 is 4.79 Å². The number of nitrogens with two attached hydrogens (primary N) is 1. The second-order valence-corrected chi connectivity index (χ2v) is 5.07. The molecule has 98 valence electrons. The summed E-state index contributed by atoms with van der Waals surface area (Å²) in [5.41, 5.74) is 6.73. The molecule has 3 N–H and O–H groups in total. The summed E-state index contributed by atoms with van der Waals surface area (Å²) in [5.74, 6) is 0.676. The molecule has 2 unspecified atom stereocenters. The van der Waals surface area contributed by atoms with E-state index < -0.39 is 0 Å². The molecular formula is C14H21N3O. The van der Waals surface area contributed by atoms with Crippen molar-refractivity contribution in [2.75, 3.05) is 5.73 Å². The molecule has 0 aliphatic heterocycles. The first-order valence-electron chi connectivity index (χ1n) is 6.71. The van der Waals surface area contributed by atoms with E-state index in [4.69, 9.17) is 5.73 Å². The normalized spacial score (nSPS) is 23.6. The second-order valence-electron chi connectivity index (χ2n) is 5.07. The molecule has 4 nitrogen and oxygen atoms in total. The van der Waals surface area contributed by atoms with E-state index >= 15 is 0 Å². The zero-order valence-electron chi connectivity index (χ0n) is 10.9. The number of carbonyl (C=O) groups excluding carboxylic acids is 1. The number of hydrogen-bond donors (Lipinski definition) is 2. The van der Waals surface area contributed by atoms with Crippen LogP contribution >= 0.6 is 0 Å². The number of nitrogens with one attached hydrogen (secondary N) is 1. The van der Waals surface area contributed by atoms with Crippen molar-refractivity contribution in [3.05, 3.63) is 24.0 Å². The number of amides is 1. The van der Waals surface area contributed by atoms with Crippen LogP contribution in [0.5, 0.6) is 0 Å². The van der Waals surface area contributed by atoms with E-state index in [0.29, 0.717) is 17.3 Å². The third-order valence-corrected chi connectivity index (χ3v) is 3.79. The van der Waals surface area contributed by atoms with Crippen LogP contribution < -0.4 is 11.1 Å². The number of carbonyl (C=O) groups is 1. The number of pyridine rings is 1. The minimum absolute atomic E-state index is 0.0725. The smallest absolute Gasteiger partial charge is 0.253 e. The summed E-state index contributed by atoms with van der Waals surface area (Å²) in [4.78, 5) is 16.0. The van der Waals surface area contributed by atoms with Crippen molar-refractivity contribution in [3.8, 4) is 0 Å². The van der Waals surface area contributed by atoms with Crippen LogP contribution in [0, 0.1) is 5.92 Å². The van der Waals surface area contributed by atoms with Crippen LogP contribution in [0.4, 0.5) is 5.69 Å². The van der Waals surface area contributed by atoms with Gasteiger partial charge in [-0.15, -0.1) is 0 Å². The lowest BCUT2D eigenvalue weighted by molar-refractivity contribution is 0.0920. The quantitative estimate of drug-likeness (QED) is 0.861. The standard InChI is InChI=1S/C14H21N3O/c1-2-10-4-3-5-11(8-10)17-14(18)12-6-7-16-9-13(12)15/h6-7,9-11H,2-5,8,15H2,1H3,(H,17,18). The van der Waals surface area contributed by atoms with Gasteiger partial charge in [0, 0.05) is 12.2 Å². The van der Waals surface area contributed by atoms with Crippen LogP contribution in [-0.4, -0.2) is 16.9 Å². The molecule has 0 saturated heterocycles. The Morgan fingerprint density at radius 1 is 1.56 bits per heavy atom. The predicted octanol–water partition coefficient (Wildman–Crippen LogP) is 2.36. The van der Waals surface area contributed by atoms with Crippen LogP contribution in [0.25, 0.3) is 0 Å². The summed E-state index contributed by atoms with van der Waals surface area (Å²) in [7, 11) is 0. The van der Waals surface area contributed by atoms with Gasteiger partial charge in [0.05, 0.1) is 17.4 Å². The Balaban J connectivity index is 1.97. The lowest BCUT2D eigenvalue weighted by Gasteiger charge is -2.29. The Morgan fingerprint density at radius 3 is 3.11 bits per heavy atom. The second kappa shape index (κ2) is 5.85. The first kappa shape index (κ1) is 12.9. The molecule has 0 spiro atoms. The summed E-state index contributed by atoms with van der Waals surface area (Å²) in [5, 5.41) is 3.09. The van der Waals surface area contributed by atoms with E-state index in [1.807, 2.05) is 0 Å². The molecule has 1 aliphatic rings.